The summed E-state index contributed by atoms with van der Waals surface area (Å²) in [6.07, 6.45) is 5.35. The van der Waals surface area contributed by atoms with E-state index in [1.807, 2.05) is 34.7 Å². The lowest BCUT2D eigenvalue weighted by Gasteiger charge is -2.17. The molecule has 1 saturated carbocycles. The molecule has 2 aliphatic carbocycles. The Hall–Kier alpha value is -2.43. The first kappa shape index (κ1) is 20.8. The molecule has 0 unspecified atom stereocenters. The number of benzene rings is 1. The van der Waals surface area contributed by atoms with Crippen LogP contribution in [-0.2, 0) is 14.4 Å². The smallest absolute Gasteiger partial charge is 0.344 e. The number of carbonyl (C=O) groups excluding carboxylic acids is 2. The molecule has 4 rings (SSSR count). The fourth-order valence-electron chi connectivity index (χ4n) is 4.39. The molecule has 0 radical (unpaired) electrons. The van der Waals surface area contributed by atoms with Gasteiger partial charge in [-0.15, -0.1) is 0 Å². The van der Waals surface area contributed by atoms with Gasteiger partial charge >= 0.3 is 5.97 Å². The number of nitrogens with zero attached hydrogens (tertiary/aromatic N) is 2. The Morgan fingerprint density at radius 3 is 2.50 bits per heavy atom. The van der Waals surface area contributed by atoms with E-state index in [0.717, 1.165) is 11.4 Å². The minimum absolute atomic E-state index is 0.134. The summed E-state index contributed by atoms with van der Waals surface area (Å²) in [5.41, 5.74) is 0.608. The molecule has 1 N–H and O–H groups in total. The van der Waals surface area contributed by atoms with Crippen molar-refractivity contribution in [2.45, 2.75) is 26.4 Å². The van der Waals surface area contributed by atoms with Gasteiger partial charge in [-0.1, -0.05) is 12.2 Å². The van der Waals surface area contributed by atoms with E-state index in [2.05, 4.69) is 5.10 Å². The monoisotopic (exact) mass is 524 g/mol. The number of rotatable bonds is 7. The largest absolute Gasteiger partial charge is 0.490 e. The molecule has 9 heteroatoms. The Kier molecular flexibility index (Phi) is 5.56. The second-order valence-corrected chi connectivity index (χ2v) is 8.76. The lowest BCUT2D eigenvalue weighted by Crippen LogP contribution is -2.28. The Bertz CT molecular complexity index is 944. The molecule has 1 aromatic carbocycles. The van der Waals surface area contributed by atoms with E-state index < -0.39 is 12.1 Å². The van der Waals surface area contributed by atoms with Gasteiger partial charge in [-0.05, 0) is 72.4 Å². The highest BCUT2D eigenvalue weighted by Crippen LogP contribution is 2.52. The molecule has 1 heterocycles. The number of allylic oxidation sites excluding steroid dienone is 2. The normalized spacial score (nSPS) is 27.8. The van der Waals surface area contributed by atoms with E-state index in [1.165, 1.54) is 13.1 Å². The maximum atomic E-state index is 12.7. The van der Waals surface area contributed by atoms with E-state index in [1.54, 1.807) is 19.1 Å². The molecule has 0 spiro atoms. The zero-order chi connectivity index (χ0) is 21.6. The first-order valence-corrected chi connectivity index (χ1v) is 10.9. The van der Waals surface area contributed by atoms with Gasteiger partial charge in [-0.3, -0.25) is 9.59 Å². The van der Waals surface area contributed by atoms with Gasteiger partial charge in [-0.2, -0.15) is 10.1 Å². The SMILES string of the molecule is CCOc1cc(C=NN2C(=O)[C@@H]3[C@H](C2=O)[C@H]2C=C[C@H]3C2)cc(I)c1O[C@H](C)C(=O)O. The van der Waals surface area contributed by atoms with Gasteiger partial charge in [0.1, 0.15) is 0 Å². The van der Waals surface area contributed by atoms with Crippen LogP contribution < -0.4 is 9.47 Å². The third-order valence-electron chi connectivity index (χ3n) is 5.74. The predicted octanol–water partition coefficient (Wildman–Crippen LogP) is 2.68. The molecule has 2 fully saturated rings. The summed E-state index contributed by atoms with van der Waals surface area (Å²) in [6, 6.07) is 3.38. The Morgan fingerprint density at radius 1 is 1.30 bits per heavy atom. The molecule has 1 aromatic rings. The van der Waals surface area contributed by atoms with Gasteiger partial charge in [-0.25, -0.2) is 4.79 Å². The number of hydrogen-bond acceptors (Lipinski definition) is 6. The van der Waals surface area contributed by atoms with Crippen molar-refractivity contribution in [2.24, 2.45) is 28.8 Å². The maximum absolute atomic E-state index is 12.7. The number of carboxylic acids is 1. The molecule has 1 aliphatic heterocycles. The Balaban J connectivity index is 1.57. The molecule has 3 aliphatic rings. The van der Waals surface area contributed by atoms with E-state index in [-0.39, 0.29) is 35.5 Å². The highest BCUT2D eigenvalue weighted by atomic mass is 127. The van der Waals surface area contributed by atoms with E-state index >= 15 is 0 Å². The fraction of sp³-hybridized carbons (Fsp3) is 0.429. The number of aliphatic carboxylic acids is 1. The molecule has 5 atom stereocenters. The van der Waals surface area contributed by atoms with Crippen LogP contribution in [0.15, 0.2) is 29.4 Å². The van der Waals surface area contributed by atoms with Crippen LogP contribution in [0, 0.1) is 27.2 Å². The number of fused-ring (bicyclic) bond motifs is 5. The van der Waals surface area contributed by atoms with E-state index in [9.17, 15) is 14.4 Å². The molecule has 158 valence electrons. The van der Waals surface area contributed by atoms with Gasteiger partial charge < -0.3 is 14.6 Å². The van der Waals surface area contributed by atoms with Crippen molar-refractivity contribution in [1.29, 1.82) is 0 Å². The van der Waals surface area contributed by atoms with Crippen LogP contribution in [-0.4, -0.2) is 46.8 Å². The lowest BCUT2D eigenvalue weighted by atomic mass is 9.85. The number of ether oxygens (including phenoxy) is 2. The minimum atomic E-state index is -1.08. The second kappa shape index (κ2) is 8.01. The quantitative estimate of drug-likeness (QED) is 0.255. The van der Waals surface area contributed by atoms with E-state index in [4.69, 9.17) is 14.6 Å². The number of imide groups is 1. The van der Waals surface area contributed by atoms with Crippen LogP contribution in [0.2, 0.25) is 0 Å². The van der Waals surface area contributed by atoms with Crippen molar-refractivity contribution in [3.8, 4) is 11.5 Å². The van der Waals surface area contributed by atoms with Crippen molar-refractivity contribution in [1.82, 2.24) is 5.01 Å². The van der Waals surface area contributed by atoms with Crippen molar-refractivity contribution >= 4 is 46.6 Å². The highest BCUT2D eigenvalue weighted by molar-refractivity contribution is 14.1. The number of hydrogen-bond donors (Lipinski definition) is 1. The van der Waals surface area contributed by atoms with Crippen molar-refractivity contribution in [3.05, 3.63) is 33.4 Å². The third-order valence-corrected chi connectivity index (χ3v) is 6.54. The van der Waals surface area contributed by atoms with Crippen LogP contribution in [0.5, 0.6) is 11.5 Å². The van der Waals surface area contributed by atoms with Crippen LogP contribution in [0.25, 0.3) is 0 Å². The molecular weight excluding hydrogens is 503 g/mol. The van der Waals surface area contributed by atoms with Crippen LogP contribution >= 0.6 is 22.6 Å². The molecule has 8 nitrogen and oxygen atoms in total. The van der Waals surface area contributed by atoms with Crippen LogP contribution in [0.3, 0.4) is 0 Å². The first-order chi connectivity index (χ1) is 14.3. The van der Waals surface area contributed by atoms with Gasteiger partial charge in [0.05, 0.1) is 28.2 Å². The van der Waals surface area contributed by atoms with Crippen molar-refractivity contribution < 1.29 is 29.0 Å². The zero-order valence-corrected chi connectivity index (χ0v) is 18.6. The van der Waals surface area contributed by atoms with Gasteiger partial charge in [0.25, 0.3) is 11.8 Å². The average Bonchev–Trinajstić information content (AvgIpc) is 3.37. The maximum Gasteiger partial charge on any atom is 0.344 e. The van der Waals surface area contributed by atoms with Crippen molar-refractivity contribution in [3.63, 3.8) is 0 Å². The van der Waals surface area contributed by atoms with Crippen LogP contribution in [0.1, 0.15) is 25.8 Å². The third kappa shape index (κ3) is 3.48. The van der Waals surface area contributed by atoms with Gasteiger partial charge in [0.15, 0.2) is 17.6 Å². The first-order valence-electron chi connectivity index (χ1n) is 9.77. The number of amides is 2. The summed E-state index contributed by atoms with van der Waals surface area (Å²) in [5, 5.41) is 14.3. The lowest BCUT2D eigenvalue weighted by molar-refractivity contribution is -0.144. The standard InChI is InChI=1S/C21H21IN2O6/c1-3-29-15-7-11(6-14(22)18(15)30-10(2)21(27)28)9-23-24-19(25)16-12-4-5-13(8-12)17(16)20(24)26/h4-7,9-10,12-13,16-17H,3,8H2,1-2H3,(H,27,28)/t10-,12+,13+,16-,17+/m1/s1. The summed E-state index contributed by atoms with van der Waals surface area (Å²) in [7, 11) is 0. The number of hydrazone groups is 1. The molecule has 2 bridgehead atoms. The number of halogens is 1. The number of carboxylic acid groups (broad SMARTS) is 1. The summed E-state index contributed by atoms with van der Waals surface area (Å²) in [6.45, 7) is 3.60. The van der Waals surface area contributed by atoms with Gasteiger partial charge in [0, 0.05) is 0 Å². The molecule has 30 heavy (non-hydrogen) atoms. The minimum Gasteiger partial charge on any atom is -0.490 e. The topological polar surface area (TPSA) is 106 Å². The highest BCUT2D eigenvalue weighted by Gasteiger charge is 2.59. The Morgan fingerprint density at radius 2 is 1.93 bits per heavy atom. The molecular formula is C21H21IN2O6. The molecule has 2 amide bonds. The number of carbonyl (C=O) groups is 3. The van der Waals surface area contributed by atoms with Gasteiger partial charge in [0.2, 0.25) is 0 Å². The van der Waals surface area contributed by atoms with Crippen molar-refractivity contribution in [2.75, 3.05) is 6.61 Å². The molecule has 1 saturated heterocycles. The second-order valence-electron chi connectivity index (χ2n) is 7.59. The zero-order valence-electron chi connectivity index (χ0n) is 16.4. The van der Waals surface area contributed by atoms with E-state index in [0.29, 0.717) is 27.2 Å². The summed E-state index contributed by atoms with van der Waals surface area (Å²) >= 11 is 2.02. The summed E-state index contributed by atoms with van der Waals surface area (Å²) in [4.78, 5) is 36.6. The fourth-order valence-corrected chi connectivity index (χ4v) is 5.14. The summed E-state index contributed by atoms with van der Waals surface area (Å²) < 4.78 is 11.8. The van der Waals surface area contributed by atoms with Crippen LogP contribution in [0.4, 0.5) is 0 Å². The summed E-state index contributed by atoms with van der Waals surface area (Å²) in [5.74, 6) is -1.19. The average molecular weight is 524 g/mol. The molecule has 0 aromatic heterocycles. The predicted molar refractivity (Wildman–Crippen MR) is 115 cm³/mol. The Labute approximate surface area is 187 Å².